The van der Waals surface area contributed by atoms with Crippen molar-refractivity contribution in [3.05, 3.63) is 47.9 Å². The molecule has 2 aliphatic heterocycles. The molecular formula is C22H22N6O3. The highest BCUT2D eigenvalue weighted by molar-refractivity contribution is 5.77. The van der Waals surface area contributed by atoms with Gasteiger partial charge in [-0.05, 0) is 31.0 Å². The van der Waals surface area contributed by atoms with E-state index in [2.05, 4.69) is 20.9 Å². The van der Waals surface area contributed by atoms with Gasteiger partial charge in [-0.1, -0.05) is 5.16 Å². The minimum atomic E-state index is 0.245. The number of rotatable bonds is 3. The zero-order chi connectivity index (χ0) is 20.9. The van der Waals surface area contributed by atoms with Crippen LogP contribution in [0.15, 0.2) is 35.2 Å². The zero-order valence-electron chi connectivity index (χ0n) is 17.4. The first kappa shape index (κ1) is 18.3. The van der Waals surface area contributed by atoms with Gasteiger partial charge in [-0.3, -0.25) is 4.68 Å². The van der Waals surface area contributed by atoms with Gasteiger partial charge in [0.1, 0.15) is 17.8 Å². The van der Waals surface area contributed by atoms with Crippen LogP contribution < -0.4 is 4.74 Å². The molecular weight excluding hydrogens is 396 g/mol. The van der Waals surface area contributed by atoms with Crippen LogP contribution in [0.5, 0.6) is 5.75 Å². The molecule has 31 heavy (non-hydrogen) atoms. The average molecular weight is 418 g/mol. The van der Waals surface area contributed by atoms with Crippen molar-refractivity contribution in [1.82, 2.24) is 29.5 Å². The van der Waals surface area contributed by atoms with Crippen molar-refractivity contribution < 1.29 is 14.0 Å². The van der Waals surface area contributed by atoms with Crippen molar-refractivity contribution in [1.29, 1.82) is 0 Å². The van der Waals surface area contributed by atoms with Gasteiger partial charge in [0.05, 0.1) is 24.2 Å². The normalized spacial score (nSPS) is 15.8. The fraction of sp³-hybridized carbons (Fsp3) is 0.364. The maximum atomic E-state index is 5.62. The molecule has 3 aromatic heterocycles. The summed E-state index contributed by atoms with van der Waals surface area (Å²) in [5.41, 5.74) is 5.82. The van der Waals surface area contributed by atoms with Crippen LogP contribution in [-0.4, -0.2) is 49.8 Å². The number of imidazole rings is 1. The van der Waals surface area contributed by atoms with E-state index in [1.165, 1.54) is 0 Å². The third-order valence-electron chi connectivity index (χ3n) is 6.07. The number of methoxy groups -OCH3 is 1. The molecule has 0 unspecified atom stereocenters. The highest BCUT2D eigenvalue weighted by atomic mass is 16.5. The van der Waals surface area contributed by atoms with Crippen molar-refractivity contribution in [2.75, 3.05) is 20.3 Å². The predicted octanol–water partition coefficient (Wildman–Crippen LogP) is 3.13. The minimum Gasteiger partial charge on any atom is -0.497 e. The molecule has 9 heteroatoms. The van der Waals surface area contributed by atoms with Crippen LogP contribution in [0.3, 0.4) is 0 Å². The minimum absolute atomic E-state index is 0.245. The lowest BCUT2D eigenvalue weighted by atomic mass is 10.0. The molecule has 6 rings (SSSR count). The number of hydrogen-bond acceptors (Lipinski definition) is 7. The summed E-state index contributed by atoms with van der Waals surface area (Å²) in [6.07, 6.45) is 6.34. The molecule has 158 valence electrons. The van der Waals surface area contributed by atoms with E-state index in [0.717, 1.165) is 65.7 Å². The van der Waals surface area contributed by atoms with E-state index in [1.54, 1.807) is 7.11 Å². The molecule has 0 spiro atoms. The van der Waals surface area contributed by atoms with Crippen LogP contribution in [-0.2, 0) is 18.2 Å². The standard InChI is InChI=1S/C22H22N6O3/c1-27-11-14-9-18-20(21-24-22(31-26-21)13-5-7-30-8-6-13)23-12-28(18)17-4-3-15(29-2)10-16(17)19(14)25-27/h3-4,10-13H,5-9H2,1-2H3. The quantitative estimate of drug-likeness (QED) is 0.444. The molecule has 0 bridgehead atoms. The fourth-order valence-electron chi connectivity index (χ4n) is 4.49. The Hall–Kier alpha value is -3.46. The molecule has 5 heterocycles. The Kier molecular flexibility index (Phi) is 4.17. The summed E-state index contributed by atoms with van der Waals surface area (Å²) in [4.78, 5) is 9.39. The Balaban J connectivity index is 1.48. The number of benzene rings is 1. The molecule has 0 atom stereocenters. The Labute approximate surface area is 178 Å². The second kappa shape index (κ2) is 7.05. The third kappa shape index (κ3) is 2.96. The molecule has 4 aromatic rings. The number of fused-ring (bicyclic) bond motifs is 5. The molecule has 0 radical (unpaired) electrons. The first-order valence-electron chi connectivity index (χ1n) is 10.4. The van der Waals surface area contributed by atoms with Gasteiger partial charge in [-0.25, -0.2) is 4.98 Å². The van der Waals surface area contributed by atoms with Crippen molar-refractivity contribution in [3.63, 3.8) is 0 Å². The molecule has 0 amide bonds. The van der Waals surface area contributed by atoms with Gasteiger partial charge in [0.25, 0.3) is 0 Å². The first-order chi connectivity index (χ1) is 15.2. The number of nitrogens with zero attached hydrogens (tertiary/aromatic N) is 6. The van der Waals surface area contributed by atoms with Gasteiger partial charge in [0, 0.05) is 49.9 Å². The summed E-state index contributed by atoms with van der Waals surface area (Å²) >= 11 is 0. The fourth-order valence-corrected chi connectivity index (χ4v) is 4.49. The summed E-state index contributed by atoms with van der Waals surface area (Å²) in [7, 11) is 3.61. The van der Waals surface area contributed by atoms with Gasteiger partial charge in [-0.2, -0.15) is 10.1 Å². The Morgan fingerprint density at radius 1 is 1.16 bits per heavy atom. The third-order valence-corrected chi connectivity index (χ3v) is 6.07. The lowest BCUT2D eigenvalue weighted by Gasteiger charge is -2.17. The summed E-state index contributed by atoms with van der Waals surface area (Å²) < 4.78 is 20.5. The monoisotopic (exact) mass is 418 g/mol. The number of hydrogen-bond donors (Lipinski definition) is 0. The lowest BCUT2D eigenvalue weighted by Crippen LogP contribution is -2.14. The van der Waals surface area contributed by atoms with E-state index in [9.17, 15) is 0 Å². The van der Waals surface area contributed by atoms with Crippen molar-refractivity contribution in [2.24, 2.45) is 7.05 Å². The molecule has 0 N–H and O–H groups in total. The van der Waals surface area contributed by atoms with Crippen LogP contribution in [0.4, 0.5) is 0 Å². The lowest BCUT2D eigenvalue weighted by molar-refractivity contribution is 0.0778. The highest BCUT2D eigenvalue weighted by Gasteiger charge is 2.28. The first-order valence-corrected chi connectivity index (χ1v) is 10.4. The van der Waals surface area contributed by atoms with E-state index in [0.29, 0.717) is 18.1 Å². The Bertz CT molecular complexity index is 1260. The van der Waals surface area contributed by atoms with Crippen molar-refractivity contribution in [2.45, 2.75) is 25.2 Å². The highest BCUT2D eigenvalue weighted by Crippen LogP contribution is 2.39. The average Bonchev–Trinajstić information content (AvgIpc) is 3.51. The largest absolute Gasteiger partial charge is 0.497 e. The van der Waals surface area contributed by atoms with Crippen LogP contribution >= 0.6 is 0 Å². The molecule has 2 aliphatic rings. The number of aryl methyl sites for hydroxylation is 1. The Morgan fingerprint density at radius 2 is 2.03 bits per heavy atom. The smallest absolute Gasteiger partial charge is 0.230 e. The zero-order valence-corrected chi connectivity index (χ0v) is 17.4. The van der Waals surface area contributed by atoms with Crippen LogP contribution in [0, 0.1) is 0 Å². The maximum Gasteiger partial charge on any atom is 0.230 e. The molecule has 9 nitrogen and oxygen atoms in total. The predicted molar refractivity (Wildman–Crippen MR) is 111 cm³/mol. The second-order valence-electron chi connectivity index (χ2n) is 7.99. The van der Waals surface area contributed by atoms with Gasteiger partial charge in [-0.15, -0.1) is 0 Å². The van der Waals surface area contributed by atoms with E-state index in [1.807, 2.05) is 36.3 Å². The summed E-state index contributed by atoms with van der Waals surface area (Å²) in [5, 5.41) is 9.00. The van der Waals surface area contributed by atoms with Crippen LogP contribution in [0.2, 0.25) is 0 Å². The van der Waals surface area contributed by atoms with E-state index < -0.39 is 0 Å². The topological polar surface area (TPSA) is 93.0 Å². The van der Waals surface area contributed by atoms with Crippen LogP contribution in [0.1, 0.15) is 35.9 Å². The molecule has 0 saturated carbocycles. The molecule has 1 fully saturated rings. The van der Waals surface area contributed by atoms with Gasteiger partial charge in [0.15, 0.2) is 0 Å². The van der Waals surface area contributed by atoms with Crippen molar-refractivity contribution >= 4 is 0 Å². The van der Waals surface area contributed by atoms with Gasteiger partial charge < -0.3 is 18.6 Å². The van der Waals surface area contributed by atoms with Crippen molar-refractivity contribution in [3.8, 4) is 34.2 Å². The Morgan fingerprint density at radius 3 is 2.87 bits per heavy atom. The van der Waals surface area contributed by atoms with E-state index in [-0.39, 0.29) is 5.92 Å². The second-order valence-corrected chi connectivity index (χ2v) is 7.99. The number of ether oxygens (including phenoxy) is 2. The van der Waals surface area contributed by atoms with Gasteiger partial charge >= 0.3 is 0 Å². The summed E-state index contributed by atoms with van der Waals surface area (Å²) in [6, 6.07) is 6.01. The van der Waals surface area contributed by atoms with Crippen LogP contribution in [0.25, 0.3) is 28.5 Å². The maximum absolute atomic E-state index is 5.62. The molecule has 1 saturated heterocycles. The van der Waals surface area contributed by atoms with E-state index >= 15 is 0 Å². The molecule has 1 aromatic carbocycles. The molecule has 0 aliphatic carbocycles. The summed E-state index contributed by atoms with van der Waals surface area (Å²) in [5.74, 6) is 2.23. The summed E-state index contributed by atoms with van der Waals surface area (Å²) in [6.45, 7) is 1.46. The SMILES string of the molecule is COc1ccc2c(c1)-c1nn(C)cc1Cc1c(-c3noc(C4CCOCC4)n3)ncn1-2. The van der Waals surface area contributed by atoms with Gasteiger partial charge in [0.2, 0.25) is 11.7 Å². The number of aromatic nitrogens is 6. The van der Waals surface area contributed by atoms with E-state index in [4.69, 9.17) is 24.1 Å².